The Balaban J connectivity index is 1.67. The van der Waals surface area contributed by atoms with Crippen molar-refractivity contribution in [3.8, 4) is 17.2 Å². The largest absolute Gasteiger partial charge is 0.397 e. The Morgan fingerprint density at radius 3 is 2.52 bits per heavy atom. The van der Waals surface area contributed by atoms with Crippen molar-refractivity contribution in [2.45, 2.75) is 31.4 Å². The van der Waals surface area contributed by atoms with Gasteiger partial charge in [-0.25, -0.2) is 19.0 Å². The molecule has 1 amide bonds. The molecule has 2 aromatic heterocycles. The number of amides is 1. The van der Waals surface area contributed by atoms with Crippen molar-refractivity contribution in [1.29, 1.82) is 0 Å². The van der Waals surface area contributed by atoms with Crippen LogP contribution >= 0.6 is 0 Å². The van der Waals surface area contributed by atoms with Crippen molar-refractivity contribution in [2.75, 3.05) is 13.1 Å². The van der Waals surface area contributed by atoms with E-state index in [0.29, 0.717) is 35.7 Å². The van der Waals surface area contributed by atoms with Gasteiger partial charge in [-0.05, 0) is 49.2 Å². The Hall–Kier alpha value is -3.30. The maximum atomic E-state index is 13.3. The maximum Gasteiger partial charge on any atom is 0.397 e. The van der Waals surface area contributed by atoms with Gasteiger partial charge < -0.3 is 4.90 Å². The Bertz CT molecular complexity index is 1050. The predicted molar refractivity (Wildman–Crippen MR) is 104 cm³/mol. The summed E-state index contributed by atoms with van der Waals surface area (Å²) in [5.41, 5.74) is 1.93. The minimum Gasteiger partial charge on any atom is -0.342 e. The third kappa shape index (κ3) is 4.89. The number of carbonyl (C=O) groups is 1. The second kappa shape index (κ2) is 8.44. The van der Waals surface area contributed by atoms with E-state index in [9.17, 15) is 22.4 Å². The molecule has 6 nitrogen and oxygen atoms in total. The molecule has 0 aliphatic carbocycles. The van der Waals surface area contributed by atoms with Gasteiger partial charge in [-0.2, -0.15) is 18.3 Å². The fourth-order valence-corrected chi connectivity index (χ4v) is 3.74. The zero-order valence-corrected chi connectivity index (χ0v) is 16.4. The summed E-state index contributed by atoms with van der Waals surface area (Å²) in [7, 11) is 0. The smallest absolute Gasteiger partial charge is 0.342 e. The first-order chi connectivity index (χ1) is 14.8. The summed E-state index contributed by atoms with van der Waals surface area (Å²) in [6.45, 7) is 0.433. The fourth-order valence-electron chi connectivity index (χ4n) is 3.74. The van der Waals surface area contributed by atoms with Crippen LogP contribution in [0.15, 0.2) is 48.8 Å². The number of nitrogens with zero attached hydrogens (tertiary/aromatic N) is 5. The number of alkyl halides is 3. The number of benzene rings is 1. The van der Waals surface area contributed by atoms with Crippen molar-refractivity contribution in [1.82, 2.24) is 24.6 Å². The van der Waals surface area contributed by atoms with E-state index >= 15 is 0 Å². The molecular formula is C21H19F4N5O. The van der Waals surface area contributed by atoms with E-state index < -0.39 is 18.5 Å². The second-order valence-corrected chi connectivity index (χ2v) is 7.39. The quantitative estimate of drug-likeness (QED) is 0.581. The molecule has 3 heterocycles. The lowest BCUT2D eigenvalue weighted by Crippen LogP contribution is -2.41. The minimum atomic E-state index is -4.54. The van der Waals surface area contributed by atoms with Gasteiger partial charge in [0, 0.05) is 37.0 Å². The number of aromatic nitrogens is 4. The predicted octanol–water partition coefficient (Wildman–Crippen LogP) is 4.13. The van der Waals surface area contributed by atoms with Gasteiger partial charge in [0.2, 0.25) is 5.91 Å². The van der Waals surface area contributed by atoms with Gasteiger partial charge in [0.05, 0.1) is 11.4 Å². The summed E-state index contributed by atoms with van der Waals surface area (Å²) in [5.74, 6) is -1.24. The summed E-state index contributed by atoms with van der Waals surface area (Å²) in [4.78, 5) is 21.8. The van der Waals surface area contributed by atoms with Crippen LogP contribution in [0, 0.1) is 5.82 Å². The third-order valence-corrected chi connectivity index (χ3v) is 5.16. The first-order valence-electron chi connectivity index (χ1n) is 9.78. The molecule has 0 bridgehead atoms. The minimum absolute atomic E-state index is 0.149. The average molecular weight is 433 g/mol. The van der Waals surface area contributed by atoms with Gasteiger partial charge >= 0.3 is 6.18 Å². The molecule has 4 rings (SSSR count). The molecule has 162 valence electrons. The number of likely N-dealkylation sites (tertiary alicyclic amines) is 1. The van der Waals surface area contributed by atoms with Crippen LogP contribution in [0.3, 0.4) is 0 Å². The molecule has 31 heavy (non-hydrogen) atoms. The monoisotopic (exact) mass is 433 g/mol. The Kier molecular flexibility index (Phi) is 5.71. The van der Waals surface area contributed by atoms with Crippen molar-refractivity contribution in [3.63, 3.8) is 0 Å². The molecule has 1 fully saturated rings. The number of hydrogen-bond donors (Lipinski definition) is 0. The number of halogens is 4. The van der Waals surface area contributed by atoms with Crippen LogP contribution in [0.1, 0.15) is 30.9 Å². The van der Waals surface area contributed by atoms with E-state index in [2.05, 4.69) is 15.1 Å². The van der Waals surface area contributed by atoms with Crippen LogP contribution in [0.2, 0.25) is 0 Å². The molecular weight excluding hydrogens is 414 g/mol. The molecule has 1 aliphatic rings. The molecule has 0 spiro atoms. The van der Waals surface area contributed by atoms with E-state index in [1.165, 1.54) is 17.0 Å². The van der Waals surface area contributed by atoms with Crippen molar-refractivity contribution < 1.29 is 22.4 Å². The van der Waals surface area contributed by atoms with Gasteiger partial charge in [0.1, 0.15) is 12.2 Å². The van der Waals surface area contributed by atoms with E-state index in [-0.39, 0.29) is 24.8 Å². The highest BCUT2D eigenvalue weighted by Gasteiger charge is 2.36. The summed E-state index contributed by atoms with van der Waals surface area (Å²) < 4.78 is 52.9. The van der Waals surface area contributed by atoms with Crippen LogP contribution in [0.4, 0.5) is 17.6 Å². The first-order valence-corrected chi connectivity index (χ1v) is 9.78. The highest BCUT2D eigenvalue weighted by molar-refractivity contribution is 5.77. The topological polar surface area (TPSA) is 63.9 Å². The Morgan fingerprint density at radius 1 is 1.13 bits per heavy atom. The third-order valence-electron chi connectivity index (χ3n) is 5.16. The van der Waals surface area contributed by atoms with Gasteiger partial charge in [-0.3, -0.25) is 4.79 Å². The SMILES string of the molecule is O=C(CC(F)(F)F)N1CCCC(c2cc(-c3ccc(F)cc3)nn2-c2ncccn2)C1. The fraction of sp³-hybridized carbons (Fsp3) is 0.333. The summed E-state index contributed by atoms with van der Waals surface area (Å²) >= 11 is 0. The van der Waals surface area contributed by atoms with Crippen molar-refractivity contribution in [2.24, 2.45) is 0 Å². The van der Waals surface area contributed by atoms with Gasteiger partial charge in [0.15, 0.2) is 0 Å². The summed E-state index contributed by atoms with van der Waals surface area (Å²) in [6.07, 6.45) is -1.64. The standard InChI is InChI=1S/C21H19F4N5O/c22-16-6-4-14(5-7-16)17-11-18(30(28-17)20-26-8-2-9-27-20)15-3-1-10-29(13-15)19(31)12-21(23,24)25/h2,4-9,11,15H,1,3,10,12-13H2. The van der Waals surface area contributed by atoms with Crippen LogP contribution in [-0.2, 0) is 4.79 Å². The molecule has 1 aromatic carbocycles. The Morgan fingerprint density at radius 2 is 1.84 bits per heavy atom. The van der Waals surface area contributed by atoms with Crippen LogP contribution < -0.4 is 0 Å². The van der Waals surface area contributed by atoms with E-state index in [4.69, 9.17) is 0 Å². The van der Waals surface area contributed by atoms with E-state index in [1.54, 1.807) is 41.3 Å². The average Bonchev–Trinajstić information content (AvgIpc) is 3.19. The highest BCUT2D eigenvalue weighted by Crippen LogP contribution is 2.32. The lowest BCUT2D eigenvalue weighted by molar-refractivity contribution is -0.162. The highest BCUT2D eigenvalue weighted by atomic mass is 19.4. The molecule has 0 radical (unpaired) electrons. The summed E-state index contributed by atoms with van der Waals surface area (Å²) in [5, 5.41) is 4.57. The molecule has 1 unspecified atom stereocenters. The lowest BCUT2D eigenvalue weighted by atomic mass is 9.93. The molecule has 10 heteroatoms. The molecule has 0 N–H and O–H groups in total. The maximum absolute atomic E-state index is 13.3. The summed E-state index contributed by atoms with van der Waals surface area (Å²) in [6, 6.07) is 9.30. The second-order valence-electron chi connectivity index (χ2n) is 7.39. The van der Waals surface area contributed by atoms with E-state index in [1.807, 2.05) is 0 Å². The normalized spacial score (nSPS) is 17.0. The zero-order valence-electron chi connectivity index (χ0n) is 16.4. The number of rotatable bonds is 4. The van der Waals surface area contributed by atoms with Gasteiger partial charge in [0.25, 0.3) is 5.95 Å². The van der Waals surface area contributed by atoms with Gasteiger partial charge in [-0.15, -0.1) is 0 Å². The first kappa shape index (κ1) is 21.0. The van der Waals surface area contributed by atoms with Gasteiger partial charge in [-0.1, -0.05) is 0 Å². The lowest BCUT2D eigenvalue weighted by Gasteiger charge is -2.33. The van der Waals surface area contributed by atoms with Crippen molar-refractivity contribution in [3.05, 3.63) is 60.3 Å². The molecule has 0 saturated carbocycles. The molecule has 1 aliphatic heterocycles. The zero-order chi connectivity index (χ0) is 22.0. The molecule has 1 saturated heterocycles. The Labute approximate surface area is 175 Å². The molecule has 1 atom stereocenters. The van der Waals surface area contributed by atoms with Crippen LogP contribution in [0.5, 0.6) is 0 Å². The van der Waals surface area contributed by atoms with Crippen molar-refractivity contribution >= 4 is 5.91 Å². The van der Waals surface area contributed by atoms with Crippen LogP contribution in [-0.4, -0.2) is 49.8 Å². The van der Waals surface area contributed by atoms with Crippen LogP contribution in [0.25, 0.3) is 17.2 Å². The number of piperidine rings is 1. The van der Waals surface area contributed by atoms with E-state index in [0.717, 1.165) is 0 Å². The number of carbonyl (C=O) groups excluding carboxylic acids is 1. The number of hydrogen-bond acceptors (Lipinski definition) is 4. The molecule has 3 aromatic rings.